The molecule has 4 amide bonds. The second-order valence-electron chi connectivity index (χ2n) is 12.6. The minimum Gasteiger partial charge on any atom is -0.489 e. The number of unbranched alkanes of at least 4 members (excludes halogenated alkanes) is 1. The summed E-state index contributed by atoms with van der Waals surface area (Å²) in [7, 11) is 0. The zero-order valence-electron chi connectivity index (χ0n) is 25.5. The van der Waals surface area contributed by atoms with Gasteiger partial charge in [-0.25, -0.2) is 4.79 Å². The lowest BCUT2D eigenvalue weighted by atomic mass is 9.79. The van der Waals surface area contributed by atoms with Crippen LogP contribution in [0, 0.1) is 11.3 Å². The SMILES string of the molecule is CCCCNC(=O)[C@H](C)C[C@H](O)[C@H](CC(C)(C)CC(=O)N1c2ccccc2OCC1C(N)=O)NC(=O)OC(C)(C)C. The number of amides is 4. The minimum atomic E-state index is -1.09. The number of ether oxygens (including phenoxy) is 2. The van der Waals surface area contributed by atoms with Gasteiger partial charge in [-0.2, -0.15) is 0 Å². The first kappa shape index (κ1) is 33.9. The molecular formula is C30H48N4O7. The maximum absolute atomic E-state index is 13.7. The highest BCUT2D eigenvalue weighted by Gasteiger charge is 2.39. The Hall–Kier alpha value is -3.34. The van der Waals surface area contributed by atoms with Crippen LogP contribution in [0.1, 0.15) is 80.6 Å². The van der Waals surface area contributed by atoms with Gasteiger partial charge in [-0.05, 0) is 57.6 Å². The fourth-order valence-corrected chi connectivity index (χ4v) is 4.81. The number of aliphatic hydroxyl groups excluding tert-OH is 1. The van der Waals surface area contributed by atoms with Crippen molar-refractivity contribution in [3.05, 3.63) is 24.3 Å². The van der Waals surface area contributed by atoms with Gasteiger partial charge >= 0.3 is 6.09 Å². The molecule has 4 atom stereocenters. The molecular weight excluding hydrogens is 528 g/mol. The number of nitrogens with two attached hydrogens (primary N) is 1. The zero-order chi connectivity index (χ0) is 31.0. The highest BCUT2D eigenvalue weighted by atomic mass is 16.6. The van der Waals surface area contributed by atoms with Crippen molar-refractivity contribution >= 4 is 29.5 Å². The normalized spacial score (nSPS) is 17.4. The van der Waals surface area contributed by atoms with Crippen LogP contribution in [0.25, 0.3) is 0 Å². The smallest absolute Gasteiger partial charge is 0.407 e. The Morgan fingerprint density at radius 3 is 2.44 bits per heavy atom. The van der Waals surface area contributed by atoms with E-state index in [0.717, 1.165) is 12.8 Å². The van der Waals surface area contributed by atoms with E-state index in [-0.39, 0.29) is 37.7 Å². The Bertz CT molecular complexity index is 1070. The van der Waals surface area contributed by atoms with Crippen LogP contribution < -0.4 is 26.0 Å². The van der Waals surface area contributed by atoms with Crippen molar-refractivity contribution < 1.29 is 33.8 Å². The molecule has 230 valence electrons. The van der Waals surface area contributed by atoms with Gasteiger partial charge in [0.15, 0.2) is 0 Å². The molecule has 11 nitrogen and oxygen atoms in total. The molecule has 0 radical (unpaired) electrons. The molecule has 41 heavy (non-hydrogen) atoms. The summed E-state index contributed by atoms with van der Waals surface area (Å²) in [4.78, 5) is 52.5. The molecule has 1 aromatic carbocycles. The van der Waals surface area contributed by atoms with E-state index in [1.165, 1.54) is 4.90 Å². The standard InChI is InChI=1S/C30H48N4O7/c1-8-9-14-32-27(38)19(2)15-23(35)20(33-28(39)41-29(3,4)5)16-30(6,7)17-25(36)34-21-12-10-11-13-24(21)40-18-22(34)26(31)37/h10-13,19-20,22-23,35H,8-9,14-18H2,1-7H3,(H2,31,37)(H,32,38)(H,33,39)/t19-,20+,22?,23+/m1/s1. The number of anilines is 1. The summed E-state index contributed by atoms with van der Waals surface area (Å²) in [6, 6.07) is 5.14. The van der Waals surface area contributed by atoms with E-state index in [1.54, 1.807) is 52.0 Å². The second-order valence-corrected chi connectivity index (χ2v) is 12.6. The third-order valence-corrected chi connectivity index (χ3v) is 6.87. The predicted molar refractivity (Wildman–Crippen MR) is 156 cm³/mol. The van der Waals surface area contributed by atoms with E-state index in [9.17, 15) is 24.3 Å². The lowest BCUT2D eigenvalue weighted by molar-refractivity contribution is -0.127. The largest absolute Gasteiger partial charge is 0.489 e. The van der Waals surface area contributed by atoms with Gasteiger partial charge in [-0.1, -0.05) is 46.2 Å². The average Bonchev–Trinajstić information content (AvgIpc) is 2.85. The first-order valence-corrected chi connectivity index (χ1v) is 14.3. The molecule has 0 aromatic heterocycles. The number of benzene rings is 1. The van der Waals surface area contributed by atoms with Crippen LogP contribution in [0.2, 0.25) is 0 Å². The molecule has 1 aliphatic heterocycles. The third-order valence-electron chi connectivity index (χ3n) is 6.87. The Morgan fingerprint density at radius 1 is 1.17 bits per heavy atom. The number of nitrogens with one attached hydrogen (secondary N) is 2. The molecule has 0 saturated heterocycles. The van der Waals surface area contributed by atoms with Crippen LogP contribution in [0.4, 0.5) is 10.5 Å². The molecule has 11 heteroatoms. The summed E-state index contributed by atoms with van der Waals surface area (Å²) in [6.45, 7) is 13.1. The van der Waals surface area contributed by atoms with Crippen molar-refractivity contribution in [1.29, 1.82) is 0 Å². The summed E-state index contributed by atoms with van der Waals surface area (Å²) in [6.07, 6.45) is 0.280. The maximum atomic E-state index is 13.7. The summed E-state index contributed by atoms with van der Waals surface area (Å²) >= 11 is 0. The maximum Gasteiger partial charge on any atom is 0.407 e. The van der Waals surface area contributed by atoms with Crippen LogP contribution in [0.15, 0.2) is 24.3 Å². The molecule has 1 aromatic rings. The molecule has 1 aliphatic rings. The summed E-state index contributed by atoms with van der Waals surface area (Å²) in [5.41, 5.74) is 4.56. The van der Waals surface area contributed by atoms with Gasteiger partial charge in [0.1, 0.15) is 24.0 Å². The number of hydrogen-bond acceptors (Lipinski definition) is 7. The topological polar surface area (TPSA) is 160 Å². The molecule has 0 spiro atoms. The molecule has 5 N–H and O–H groups in total. The van der Waals surface area contributed by atoms with E-state index in [4.69, 9.17) is 15.2 Å². The molecule has 2 rings (SSSR count). The molecule has 0 fully saturated rings. The van der Waals surface area contributed by atoms with Gasteiger partial charge < -0.3 is 30.9 Å². The van der Waals surface area contributed by atoms with Gasteiger partial charge in [-0.3, -0.25) is 19.3 Å². The number of alkyl carbamates (subject to hydrolysis) is 1. The first-order chi connectivity index (χ1) is 19.0. The first-order valence-electron chi connectivity index (χ1n) is 14.3. The molecule has 0 saturated carbocycles. The number of aliphatic hydroxyl groups is 1. The minimum absolute atomic E-state index is 0.0165. The van der Waals surface area contributed by atoms with Crippen LogP contribution in [-0.4, -0.2) is 65.9 Å². The molecule has 1 unspecified atom stereocenters. The van der Waals surface area contributed by atoms with E-state index < -0.39 is 47.1 Å². The Kier molecular flexibility index (Phi) is 12.0. The zero-order valence-corrected chi connectivity index (χ0v) is 25.5. The van der Waals surface area contributed by atoms with Gasteiger partial charge in [0.25, 0.3) is 0 Å². The average molecular weight is 577 g/mol. The van der Waals surface area contributed by atoms with E-state index in [2.05, 4.69) is 10.6 Å². The number of carbonyl (C=O) groups is 4. The Labute approximate surface area is 243 Å². The predicted octanol–water partition coefficient (Wildman–Crippen LogP) is 3.27. The van der Waals surface area contributed by atoms with E-state index >= 15 is 0 Å². The molecule has 0 aliphatic carbocycles. The fraction of sp³-hybridized carbons (Fsp3) is 0.667. The van der Waals surface area contributed by atoms with Crippen LogP contribution in [0.3, 0.4) is 0 Å². The lowest BCUT2D eigenvalue weighted by Crippen LogP contribution is -2.54. The summed E-state index contributed by atoms with van der Waals surface area (Å²) in [5.74, 6) is -1.23. The third kappa shape index (κ3) is 10.5. The number of primary amides is 1. The Morgan fingerprint density at radius 2 is 1.83 bits per heavy atom. The second kappa shape index (κ2) is 14.5. The Balaban J connectivity index is 2.23. The van der Waals surface area contributed by atoms with E-state index in [1.807, 2.05) is 20.8 Å². The summed E-state index contributed by atoms with van der Waals surface area (Å²) in [5, 5.41) is 16.8. The van der Waals surface area contributed by atoms with Gasteiger partial charge in [0.2, 0.25) is 17.7 Å². The monoisotopic (exact) mass is 576 g/mol. The number of rotatable bonds is 13. The fourth-order valence-electron chi connectivity index (χ4n) is 4.81. The number of fused-ring (bicyclic) bond motifs is 1. The summed E-state index contributed by atoms with van der Waals surface area (Å²) < 4.78 is 11.1. The van der Waals surface area contributed by atoms with Crippen LogP contribution in [-0.2, 0) is 19.1 Å². The quantitative estimate of drug-likeness (QED) is 0.262. The van der Waals surface area contributed by atoms with Crippen molar-refractivity contribution in [2.45, 2.75) is 104 Å². The highest BCUT2D eigenvalue weighted by molar-refractivity contribution is 6.02. The van der Waals surface area contributed by atoms with Crippen LogP contribution >= 0.6 is 0 Å². The molecule has 1 heterocycles. The van der Waals surface area contributed by atoms with Gasteiger partial charge in [0, 0.05) is 18.9 Å². The van der Waals surface area contributed by atoms with Crippen molar-refractivity contribution in [2.75, 3.05) is 18.1 Å². The van der Waals surface area contributed by atoms with Crippen molar-refractivity contribution in [3.8, 4) is 5.75 Å². The van der Waals surface area contributed by atoms with Gasteiger partial charge in [0.05, 0.1) is 17.8 Å². The lowest BCUT2D eigenvalue weighted by Gasteiger charge is -2.38. The number of hydrogen-bond donors (Lipinski definition) is 4. The van der Waals surface area contributed by atoms with Gasteiger partial charge in [-0.15, -0.1) is 0 Å². The van der Waals surface area contributed by atoms with Crippen LogP contribution in [0.5, 0.6) is 5.75 Å². The van der Waals surface area contributed by atoms with E-state index in [0.29, 0.717) is 18.0 Å². The van der Waals surface area contributed by atoms with Crippen molar-refractivity contribution in [2.24, 2.45) is 17.1 Å². The van der Waals surface area contributed by atoms with Crippen molar-refractivity contribution in [1.82, 2.24) is 10.6 Å². The molecule has 0 bridgehead atoms. The van der Waals surface area contributed by atoms with Crippen molar-refractivity contribution in [3.63, 3.8) is 0 Å². The number of para-hydroxylation sites is 2. The number of carbonyl (C=O) groups excluding carboxylic acids is 4. The number of nitrogens with zero attached hydrogens (tertiary/aromatic N) is 1. The highest BCUT2D eigenvalue weighted by Crippen LogP contribution is 2.37.